The maximum atomic E-state index is 10.2. The minimum absolute atomic E-state index is 0.296. The van der Waals surface area contributed by atoms with E-state index in [0.29, 0.717) is 0 Å². The van der Waals surface area contributed by atoms with Crippen LogP contribution in [0.4, 0.5) is 0 Å². The molecule has 0 radical (unpaired) electrons. The number of rotatable bonds is 10. The summed E-state index contributed by atoms with van der Waals surface area (Å²) in [4.78, 5) is 3.18. The summed E-state index contributed by atoms with van der Waals surface area (Å²) in [6.07, 6.45) is 11.3. The molecular formula is C17H31NO3SSn. The Morgan fingerprint density at radius 1 is 1.00 bits per heavy atom. The van der Waals surface area contributed by atoms with Crippen LogP contribution in [0, 0.1) is 0 Å². The molecule has 6 heteroatoms. The van der Waals surface area contributed by atoms with E-state index in [0.717, 1.165) is 6.20 Å². The molecule has 1 rings (SSSR count). The van der Waals surface area contributed by atoms with E-state index in [1.54, 1.807) is 13.3 Å². The third-order valence-corrected chi connectivity index (χ3v) is 13.5. The van der Waals surface area contributed by atoms with Gasteiger partial charge in [0, 0.05) is 12.4 Å². The Hall–Kier alpha value is -0.141. The van der Waals surface area contributed by atoms with Gasteiger partial charge in [0.15, 0.2) is 0 Å². The SMILES string of the molecule is CCC[CH2][Sn+]([CH2]CCC)[CH2]CCC.O=S(=O)([O-])c1cccnc1. The average Bonchev–Trinajstić information content (AvgIpc) is 2.55. The molecular weight excluding hydrogens is 417 g/mol. The average molecular weight is 448 g/mol. The maximum Gasteiger partial charge on any atom is 0.125 e. The normalized spacial score (nSPS) is 10.8. The first-order valence-electron chi connectivity index (χ1n) is 8.65. The van der Waals surface area contributed by atoms with Crippen LogP contribution in [-0.2, 0) is 10.1 Å². The Labute approximate surface area is 149 Å². The van der Waals surface area contributed by atoms with E-state index >= 15 is 0 Å². The molecule has 0 atom stereocenters. The molecule has 0 saturated heterocycles. The summed E-state index contributed by atoms with van der Waals surface area (Å²) >= 11 is -0.839. The van der Waals surface area contributed by atoms with Gasteiger partial charge in [-0.1, -0.05) is 0 Å². The number of nitrogens with zero attached hydrogens (tertiary/aromatic N) is 1. The van der Waals surface area contributed by atoms with Crippen LogP contribution in [0.1, 0.15) is 59.3 Å². The van der Waals surface area contributed by atoms with Crippen molar-refractivity contribution in [3.63, 3.8) is 0 Å². The molecule has 4 nitrogen and oxygen atoms in total. The zero-order chi connectivity index (χ0) is 17.6. The first-order valence-corrected chi connectivity index (χ1v) is 16.1. The van der Waals surface area contributed by atoms with Crippen LogP contribution in [0.3, 0.4) is 0 Å². The summed E-state index contributed by atoms with van der Waals surface area (Å²) in [7, 11) is -4.32. The number of pyridine rings is 1. The number of hydrogen-bond acceptors (Lipinski definition) is 4. The summed E-state index contributed by atoms with van der Waals surface area (Å²) in [6.45, 7) is 7.00. The van der Waals surface area contributed by atoms with Gasteiger partial charge in [0.2, 0.25) is 0 Å². The van der Waals surface area contributed by atoms with Gasteiger partial charge in [0.1, 0.15) is 10.1 Å². The Morgan fingerprint density at radius 3 is 1.74 bits per heavy atom. The third kappa shape index (κ3) is 12.9. The van der Waals surface area contributed by atoms with Gasteiger partial charge in [-0.15, -0.1) is 0 Å². The van der Waals surface area contributed by atoms with Crippen molar-refractivity contribution in [1.29, 1.82) is 0 Å². The topological polar surface area (TPSA) is 70.1 Å². The van der Waals surface area contributed by atoms with Crippen molar-refractivity contribution in [2.24, 2.45) is 0 Å². The molecule has 0 aliphatic rings. The van der Waals surface area contributed by atoms with Crippen molar-refractivity contribution < 1.29 is 13.0 Å². The minimum Gasteiger partial charge on any atom is -0.744 e. The second kappa shape index (κ2) is 14.2. The first kappa shape index (κ1) is 22.9. The number of unbranched alkanes of at least 4 members (excludes halogenated alkanes) is 3. The Bertz CT molecular complexity index is 461. The molecule has 0 aliphatic heterocycles. The van der Waals surface area contributed by atoms with Crippen LogP contribution in [0.15, 0.2) is 29.4 Å². The number of hydrogen-bond donors (Lipinski definition) is 0. The van der Waals surface area contributed by atoms with E-state index in [1.165, 1.54) is 56.9 Å². The standard InChI is InChI=1S/C5H5NO3S.3C4H9.Sn/c7-10(8,9)5-2-1-3-6-4-5;3*1-3-4-2;/h1-4H,(H,7,8,9);3*1,3-4H2,2H3;/q;;;;+1/p-1. The van der Waals surface area contributed by atoms with Crippen LogP contribution in [0.25, 0.3) is 0 Å². The van der Waals surface area contributed by atoms with Crippen molar-refractivity contribution in [2.45, 2.75) is 77.5 Å². The summed E-state index contributed by atoms with van der Waals surface area (Å²) in [5.74, 6) is 0. The smallest absolute Gasteiger partial charge is 0.125 e. The predicted octanol–water partition coefficient (Wildman–Crippen LogP) is 4.87. The second-order valence-corrected chi connectivity index (χ2v) is 15.6. The van der Waals surface area contributed by atoms with E-state index in [-0.39, 0.29) is 4.90 Å². The van der Waals surface area contributed by atoms with E-state index in [4.69, 9.17) is 0 Å². The van der Waals surface area contributed by atoms with Crippen molar-refractivity contribution in [2.75, 3.05) is 0 Å². The third-order valence-electron chi connectivity index (χ3n) is 3.57. The fourth-order valence-electron chi connectivity index (χ4n) is 2.15. The van der Waals surface area contributed by atoms with Gasteiger partial charge in [-0.3, -0.25) is 4.98 Å². The molecule has 0 aromatic carbocycles. The van der Waals surface area contributed by atoms with Crippen molar-refractivity contribution >= 4 is 29.9 Å². The van der Waals surface area contributed by atoms with Crippen LogP contribution >= 0.6 is 0 Å². The Morgan fingerprint density at radius 2 is 1.48 bits per heavy atom. The Kier molecular flexibility index (Phi) is 14.1. The molecule has 0 amide bonds. The van der Waals surface area contributed by atoms with Crippen LogP contribution < -0.4 is 0 Å². The molecule has 132 valence electrons. The summed E-state index contributed by atoms with van der Waals surface area (Å²) in [5.41, 5.74) is 0. The molecule has 23 heavy (non-hydrogen) atoms. The van der Waals surface area contributed by atoms with Gasteiger partial charge in [0.25, 0.3) is 0 Å². The molecule has 1 heterocycles. The van der Waals surface area contributed by atoms with E-state index in [1.807, 2.05) is 0 Å². The van der Waals surface area contributed by atoms with Gasteiger partial charge >= 0.3 is 92.4 Å². The molecule has 0 saturated carbocycles. The first-order chi connectivity index (χ1) is 11.0. The van der Waals surface area contributed by atoms with Crippen molar-refractivity contribution in [3.05, 3.63) is 24.5 Å². The molecule has 0 unspecified atom stereocenters. The van der Waals surface area contributed by atoms with Crippen LogP contribution in [0.2, 0.25) is 13.3 Å². The van der Waals surface area contributed by atoms with Gasteiger partial charge in [-0.05, 0) is 12.1 Å². The quantitative estimate of drug-likeness (QED) is 0.379. The summed E-state index contributed by atoms with van der Waals surface area (Å²) < 4.78 is 35.7. The fourth-order valence-corrected chi connectivity index (χ4v) is 12.0. The molecule has 1 aromatic heterocycles. The molecule has 0 aliphatic carbocycles. The molecule has 0 fully saturated rings. The van der Waals surface area contributed by atoms with Crippen molar-refractivity contribution in [3.8, 4) is 0 Å². The van der Waals surface area contributed by atoms with E-state index in [2.05, 4.69) is 25.8 Å². The monoisotopic (exact) mass is 449 g/mol. The van der Waals surface area contributed by atoms with Gasteiger partial charge in [-0.25, -0.2) is 8.42 Å². The van der Waals surface area contributed by atoms with Crippen LogP contribution in [0.5, 0.6) is 0 Å². The Balaban J connectivity index is 0.000000433. The molecule has 1 aromatic rings. The fraction of sp³-hybridized carbons (Fsp3) is 0.706. The maximum absolute atomic E-state index is 10.2. The molecule has 0 spiro atoms. The summed E-state index contributed by atoms with van der Waals surface area (Å²) in [6, 6.07) is 2.60. The predicted molar refractivity (Wildman–Crippen MR) is 97.1 cm³/mol. The molecule has 0 N–H and O–H groups in total. The van der Waals surface area contributed by atoms with Gasteiger partial charge in [0.05, 0.1) is 4.90 Å². The summed E-state index contributed by atoms with van der Waals surface area (Å²) in [5, 5.41) is 0. The van der Waals surface area contributed by atoms with Gasteiger partial charge in [-0.2, -0.15) is 0 Å². The van der Waals surface area contributed by atoms with Gasteiger partial charge < -0.3 is 4.55 Å². The second-order valence-electron chi connectivity index (χ2n) is 5.70. The van der Waals surface area contributed by atoms with Crippen LogP contribution in [-0.4, -0.2) is 37.7 Å². The minimum atomic E-state index is -4.32. The zero-order valence-corrected chi connectivity index (χ0v) is 18.4. The largest absolute Gasteiger partial charge is 0.744 e. The van der Waals surface area contributed by atoms with E-state index in [9.17, 15) is 13.0 Å². The zero-order valence-electron chi connectivity index (χ0n) is 14.8. The van der Waals surface area contributed by atoms with Crippen molar-refractivity contribution in [1.82, 2.24) is 4.98 Å². The molecule has 0 bridgehead atoms. The van der Waals surface area contributed by atoms with E-state index < -0.39 is 29.9 Å². The number of aromatic nitrogens is 1.